The predicted molar refractivity (Wildman–Crippen MR) is 137 cm³/mol. The van der Waals surface area contributed by atoms with Crippen LogP contribution < -0.4 is 5.32 Å². The molecule has 1 amide bonds. The van der Waals surface area contributed by atoms with Crippen molar-refractivity contribution in [1.29, 1.82) is 0 Å². The largest absolute Gasteiger partial charge is 0.351 e. The lowest BCUT2D eigenvalue weighted by molar-refractivity contribution is -0.384. The summed E-state index contributed by atoms with van der Waals surface area (Å²) in [6.07, 6.45) is 2.78. The van der Waals surface area contributed by atoms with Gasteiger partial charge in [-0.05, 0) is 12.5 Å². The fraction of sp³-hybridized carbons (Fsp3) is 0.179. The summed E-state index contributed by atoms with van der Waals surface area (Å²) in [4.78, 5) is 38.1. The fourth-order valence-electron chi connectivity index (χ4n) is 3.97. The summed E-state index contributed by atoms with van der Waals surface area (Å²) in [6.45, 7) is 2.53. The number of nitro benzene ring substituents is 1. The minimum atomic E-state index is -0.493. The molecule has 1 aromatic heterocycles. The Morgan fingerprint density at radius 3 is 2.31 bits per heavy atom. The van der Waals surface area contributed by atoms with Crippen LogP contribution >= 0.6 is 0 Å². The average Bonchev–Trinajstić information content (AvgIpc) is 3.32. The first-order chi connectivity index (χ1) is 17.5. The van der Waals surface area contributed by atoms with Crippen LogP contribution in [-0.2, 0) is 0 Å². The molecule has 8 nitrogen and oxygen atoms in total. The Morgan fingerprint density at radius 2 is 1.64 bits per heavy atom. The molecule has 36 heavy (non-hydrogen) atoms. The number of benzene rings is 3. The second-order valence-corrected chi connectivity index (χ2v) is 8.29. The van der Waals surface area contributed by atoms with E-state index in [1.165, 1.54) is 16.8 Å². The number of hydrogen-bond donors (Lipinski definition) is 1. The Hall–Kier alpha value is -4.59. The first-order valence-corrected chi connectivity index (χ1v) is 11.8. The monoisotopic (exact) mass is 482 g/mol. The molecule has 0 aliphatic rings. The molecular weight excluding hydrogens is 456 g/mol. The summed E-state index contributed by atoms with van der Waals surface area (Å²) in [7, 11) is 0. The highest BCUT2D eigenvalue weighted by Crippen LogP contribution is 2.32. The summed E-state index contributed by atoms with van der Waals surface area (Å²) < 4.78 is 1.44. The van der Waals surface area contributed by atoms with Crippen LogP contribution in [0.3, 0.4) is 0 Å². The van der Waals surface area contributed by atoms with Crippen molar-refractivity contribution in [2.75, 3.05) is 6.54 Å². The van der Waals surface area contributed by atoms with E-state index < -0.39 is 10.8 Å². The number of carbonyl (C=O) groups excluding carboxylic acids is 2. The van der Waals surface area contributed by atoms with Gasteiger partial charge in [-0.15, -0.1) is 0 Å². The Morgan fingerprint density at radius 1 is 0.944 bits per heavy atom. The first-order valence-electron chi connectivity index (χ1n) is 11.8. The highest BCUT2D eigenvalue weighted by atomic mass is 16.6. The van der Waals surface area contributed by atoms with Gasteiger partial charge in [-0.3, -0.25) is 19.7 Å². The van der Waals surface area contributed by atoms with E-state index in [0.717, 1.165) is 19.3 Å². The second kappa shape index (κ2) is 11.2. The van der Waals surface area contributed by atoms with E-state index in [1.54, 1.807) is 36.4 Å². The Bertz CT molecular complexity index is 1380. The van der Waals surface area contributed by atoms with E-state index in [1.807, 2.05) is 36.4 Å². The molecule has 3 aromatic carbocycles. The van der Waals surface area contributed by atoms with Gasteiger partial charge in [0.1, 0.15) is 0 Å². The van der Waals surface area contributed by atoms with Crippen LogP contribution in [0.25, 0.3) is 16.9 Å². The van der Waals surface area contributed by atoms with Crippen molar-refractivity contribution in [3.05, 3.63) is 112 Å². The molecular formula is C28H26N4O4. The Balaban J connectivity index is 1.95. The number of nitro groups is 1. The van der Waals surface area contributed by atoms with Gasteiger partial charge in [0.15, 0.2) is 11.5 Å². The molecule has 0 fully saturated rings. The number of ketones is 1. The third-order valence-electron chi connectivity index (χ3n) is 5.76. The number of nitrogens with one attached hydrogen (secondary N) is 1. The molecule has 0 bridgehead atoms. The molecule has 0 spiro atoms. The second-order valence-electron chi connectivity index (χ2n) is 8.29. The smallest absolute Gasteiger partial charge is 0.272 e. The topological polar surface area (TPSA) is 107 Å². The molecule has 1 heterocycles. The quantitative estimate of drug-likeness (QED) is 0.137. The van der Waals surface area contributed by atoms with E-state index in [0.29, 0.717) is 29.1 Å². The summed E-state index contributed by atoms with van der Waals surface area (Å²) >= 11 is 0. The Kier molecular flexibility index (Phi) is 7.65. The maximum Gasteiger partial charge on any atom is 0.272 e. The summed E-state index contributed by atoms with van der Waals surface area (Å²) in [5, 5.41) is 18.9. The maximum atomic E-state index is 13.8. The standard InChI is InChI=1S/C28H26N4O4/c1-2-3-10-18-29-28(34)25-24(27(33)21-14-8-5-9-15-21)26(20-12-6-4-7-13-20)31(30-25)22-16-11-17-23(19-22)32(35)36/h4-9,11-17,19H,2-3,10,18H2,1H3,(H,29,34). The molecule has 4 rings (SSSR count). The molecule has 0 aliphatic carbocycles. The summed E-state index contributed by atoms with van der Waals surface area (Å²) in [6, 6.07) is 23.8. The van der Waals surface area contributed by atoms with Crippen LogP contribution in [0.5, 0.6) is 0 Å². The van der Waals surface area contributed by atoms with Crippen molar-refractivity contribution in [2.45, 2.75) is 26.2 Å². The van der Waals surface area contributed by atoms with Crippen LogP contribution in [0.2, 0.25) is 0 Å². The molecule has 4 aromatic rings. The number of amides is 1. The highest BCUT2D eigenvalue weighted by Gasteiger charge is 2.30. The van der Waals surface area contributed by atoms with Crippen molar-refractivity contribution in [2.24, 2.45) is 0 Å². The molecule has 0 atom stereocenters. The summed E-state index contributed by atoms with van der Waals surface area (Å²) in [5.41, 5.74) is 1.83. The number of hydrogen-bond acceptors (Lipinski definition) is 5. The third kappa shape index (κ3) is 5.22. The van der Waals surface area contributed by atoms with Crippen molar-refractivity contribution in [3.8, 4) is 16.9 Å². The SMILES string of the molecule is CCCCCNC(=O)c1nn(-c2cccc([N+](=O)[O-])c2)c(-c2ccccc2)c1C(=O)c1ccccc1. The first kappa shape index (κ1) is 24.5. The van der Waals surface area contributed by atoms with Gasteiger partial charge in [0.05, 0.1) is 21.9 Å². The zero-order valence-electron chi connectivity index (χ0n) is 19.9. The molecule has 182 valence electrons. The van der Waals surface area contributed by atoms with Gasteiger partial charge in [0, 0.05) is 29.8 Å². The number of unbranched alkanes of at least 4 members (excludes halogenated alkanes) is 2. The molecule has 0 radical (unpaired) electrons. The predicted octanol–water partition coefficient (Wildman–Crippen LogP) is 5.60. The van der Waals surface area contributed by atoms with E-state index in [9.17, 15) is 19.7 Å². The molecule has 0 saturated heterocycles. The van der Waals surface area contributed by atoms with E-state index in [-0.39, 0.29) is 22.7 Å². The van der Waals surface area contributed by atoms with Crippen molar-refractivity contribution in [1.82, 2.24) is 15.1 Å². The minimum Gasteiger partial charge on any atom is -0.351 e. The van der Waals surface area contributed by atoms with Gasteiger partial charge in [0.2, 0.25) is 0 Å². The lowest BCUT2D eigenvalue weighted by atomic mass is 9.97. The van der Waals surface area contributed by atoms with Gasteiger partial charge in [-0.1, -0.05) is 86.5 Å². The lowest BCUT2D eigenvalue weighted by Crippen LogP contribution is -2.26. The number of aromatic nitrogens is 2. The van der Waals surface area contributed by atoms with Crippen LogP contribution in [-0.4, -0.2) is 32.9 Å². The highest BCUT2D eigenvalue weighted by molar-refractivity contribution is 6.18. The van der Waals surface area contributed by atoms with Crippen LogP contribution in [0, 0.1) is 10.1 Å². The van der Waals surface area contributed by atoms with Crippen LogP contribution in [0.1, 0.15) is 52.6 Å². The van der Waals surface area contributed by atoms with Crippen molar-refractivity contribution >= 4 is 17.4 Å². The van der Waals surface area contributed by atoms with Gasteiger partial charge in [-0.2, -0.15) is 5.10 Å². The zero-order valence-corrected chi connectivity index (χ0v) is 19.9. The zero-order chi connectivity index (χ0) is 25.5. The van der Waals surface area contributed by atoms with Crippen molar-refractivity contribution in [3.63, 3.8) is 0 Å². The molecule has 0 unspecified atom stereocenters. The Labute approximate surface area is 208 Å². The van der Waals surface area contributed by atoms with Gasteiger partial charge in [0.25, 0.3) is 11.6 Å². The number of non-ortho nitro benzene ring substituents is 1. The van der Waals surface area contributed by atoms with Gasteiger partial charge >= 0.3 is 0 Å². The molecule has 0 saturated carbocycles. The van der Waals surface area contributed by atoms with E-state index in [2.05, 4.69) is 17.3 Å². The number of carbonyl (C=O) groups is 2. The molecule has 0 aliphatic heterocycles. The van der Waals surface area contributed by atoms with Gasteiger partial charge in [-0.25, -0.2) is 4.68 Å². The van der Waals surface area contributed by atoms with Crippen LogP contribution in [0.4, 0.5) is 5.69 Å². The lowest BCUT2D eigenvalue weighted by Gasteiger charge is -2.10. The normalized spacial score (nSPS) is 10.7. The molecule has 1 N–H and O–H groups in total. The number of rotatable bonds is 10. The molecule has 8 heteroatoms. The van der Waals surface area contributed by atoms with Crippen molar-refractivity contribution < 1.29 is 14.5 Å². The fourth-order valence-corrected chi connectivity index (χ4v) is 3.97. The maximum absolute atomic E-state index is 13.8. The van der Waals surface area contributed by atoms with Crippen LogP contribution in [0.15, 0.2) is 84.9 Å². The minimum absolute atomic E-state index is 0.0225. The average molecular weight is 483 g/mol. The number of nitrogens with zero attached hydrogens (tertiary/aromatic N) is 3. The van der Waals surface area contributed by atoms with E-state index >= 15 is 0 Å². The van der Waals surface area contributed by atoms with E-state index in [4.69, 9.17) is 0 Å². The third-order valence-corrected chi connectivity index (χ3v) is 5.76. The summed E-state index contributed by atoms with van der Waals surface area (Å²) in [5.74, 6) is -0.823. The van der Waals surface area contributed by atoms with Gasteiger partial charge < -0.3 is 5.32 Å².